The second kappa shape index (κ2) is 8.35. The first-order valence-corrected chi connectivity index (χ1v) is 6.83. The fourth-order valence-electron chi connectivity index (χ4n) is 1.63. The number of rotatable bonds is 7. The summed E-state index contributed by atoms with van der Waals surface area (Å²) in [7, 11) is 0. The van der Waals surface area contributed by atoms with Gasteiger partial charge in [-0.1, -0.05) is 36.0 Å². The van der Waals surface area contributed by atoms with E-state index in [9.17, 15) is 4.79 Å². The predicted octanol–water partition coefficient (Wildman–Crippen LogP) is 3.84. The predicted molar refractivity (Wildman–Crippen MR) is 77.2 cm³/mol. The molecule has 3 N–H and O–H groups in total. The molecule has 5 heteroatoms. The molecule has 0 bridgehead atoms. The molecule has 18 heavy (non-hydrogen) atoms. The zero-order chi connectivity index (χ0) is 13.4. The lowest BCUT2D eigenvalue weighted by Crippen LogP contribution is -2.11. The highest BCUT2D eigenvalue weighted by Gasteiger charge is 2.04. The van der Waals surface area contributed by atoms with E-state index in [4.69, 9.17) is 28.9 Å². The summed E-state index contributed by atoms with van der Waals surface area (Å²) in [4.78, 5) is 11.6. The molecule has 100 valence electrons. The highest BCUT2D eigenvalue weighted by atomic mass is 35.5. The maximum absolute atomic E-state index is 11.6. The lowest BCUT2D eigenvalue weighted by molar-refractivity contribution is -0.116. The molecule has 1 rings (SSSR count). The van der Waals surface area contributed by atoms with Gasteiger partial charge in [0.2, 0.25) is 5.91 Å². The minimum Gasteiger partial charge on any atom is -0.330 e. The van der Waals surface area contributed by atoms with Crippen molar-refractivity contribution in [2.45, 2.75) is 32.1 Å². The molecule has 1 aromatic rings. The largest absolute Gasteiger partial charge is 0.330 e. The van der Waals surface area contributed by atoms with Crippen molar-refractivity contribution < 1.29 is 4.79 Å². The van der Waals surface area contributed by atoms with Crippen LogP contribution in [0.3, 0.4) is 0 Å². The van der Waals surface area contributed by atoms with Crippen LogP contribution in [0, 0.1) is 0 Å². The van der Waals surface area contributed by atoms with Crippen LogP contribution in [0.1, 0.15) is 32.1 Å². The summed E-state index contributed by atoms with van der Waals surface area (Å²) in [6, 6.07) is 4.99. The standard InChI is InChI=1S/C13H18Cl2N2O/c14-10-7-11(15)9-12(8-10)17-13(18)5-3-1-2-4-6-16/h7-9H,1-6,16H2,(H,17,18). The smallest absolute Gasteiger partial charge is 0.224 e. The van der Waals surface area contributed by atoms with Gasteiger partial charge in [-0.15, -0.1) is 0 Å². The number of amides is 1. The first kappa shape index (κ1) is 15.3. The Bertz CT molecular complexity index is 376. The first-order valence-electron chi connectivity index (χ1n) is 6.08. The van der Waals surface area contributed by atoms with Gasteiger partial charge in [-0.25, -0.2) is 0 Å². The van der Waals surface area contributed by atoms with Crippen molar-refractivity contribution in [2.24, 2.45) is 5.73 Å². The van der Waals surface area contributed by atoms with E-state index in [1.54, 1.807) is 18.2 Å². The molecule has 1 aromatic carbocycles. The molecule has 0 aliphatic carbocycles. The number of carbonyl (C=O) groups is 1. The normalized spacial score (nSPS) is 10.4. The molecule has 0 aromatic heterocycles. The van der Waals surface area contributed by atoms with Crippen LogP contribution in [0.25, 0.3) is 0 Å². The van der Waals surface area contributed by atoms with Gasteiger partial charge in [-0.3, -0.25) is 4.79 Å². The van der Waals surface area contributed by atoms with E-state index in [2.05, 4.69) is 5.32 Å². The first-order chi connectivity index (χ1) is 8.61. The molecule has 0 radical (unpaired) electrons. The van der Waals surface area contributed by atoms with Crippen molar-refractivity contribution in [3.63, 3.8) is 0 Å². The third-order valence-electron chi connectivity index (χ3n) is 2.50. The Hall–Kier alpha value is -0.770. The Labute approximate surface area is 118 Å². The molecule has 0 saturated carbocycles. The number of hydrogen-bond donors (Lipinski definition) is 2. The number of anilines is 1. The van der Waals surface area contributed by atoms with E-state index in [0.29, 0.717) is 28.7 Å². The topological polar surface area (TPSA) is 55.1 Å². The monoisotopic (exact) mass is 288 g/mol. The summed E-state index contributed by atoms with van der Waals surface area (Å²) in [6.07, 6.45) is 4.51. The van der Waals surface area contributed by atoms with Gasteiger partial charge >= 0.3 is 0 Å². The fraction of sp³-hybridized carbons (Fsp3) is 0.462. The summed E-state index contributed by atoms with van der Waals surface area (Å²) in [5.41, 5.74) is 6.04. The van der Waals surface area contributed by atoms with Crippen LogP contribution >= 0.6 is 23.2 Å². The fourth-order valence-corrected chi connectivity index (χ4v) is 2.16. The number of nitrogens with two attached hydrogens (primary N) is 1. The Morgan fingerprint density at radius 1 is 1.06 bits per heavy atom. The molecule has 0 atom stereocenters. The second-order valence-electron chi connectivity index (χ2n) is 4.16. The highest BCUT2D eigenvalue weighted by molar-refractivity contribution is 6.35. The molecule has 0 aliphatic rings. The Kier molecular flexibility index (Phi) is 7.09. The zero-order valence-electron chi connectivity index (χ0n) is 10.2. The number of halogens is 2. The molecule has 0 fully saturated rings. The zero-order valence-corrected chi connectivity index (χ0v) is 11.7. The molecule has 3 nitrogen and oxygen atoms in total. The van der Waals surface area contributed by atoms with Gasteiger partial charge in [0, 0.05) is 22.2 Å². The van der Waals surface area contributed by atoms with Crippen LogP contribution in [-0.2, 0) is 4.79 Å². The van der Waals surface area contributed by atoms with E-state index in [1.165, 1.54) is 0 Å². The van der Waals surface area contributed by atoms with E-state index in [1.807, 2.05) is 0 Å². The van der Waals surface area contributed by atoms with Gasteiger partial charge in [-0.05, 0) is 37.6 Å². The van der Waals surface area contributed by atoms with E-state index >= 15 is 0 Å². The van der Waals surface area contributed by atoms with Gasteiger partial charge in [0.05, 0.1) is 0 Å². The molecule has 0 unspecified atom stereocenters. The summed E-state index contributed by atoms with van der Waals surface area (Å²) in [5.74, 6) is -0.0129. The van der Waals surface area contributed by atoms with Gasteiger partial charge in [-0.2, -0.15) is 0 Å². The highest BCUT2D eigenvalue weighted by Crippen LogP contribution is 2.22. The van der Waals surface area contributed by atoms with Crippen molar-refractivity contribution in [1.29, 1.82) is 0 Å². The summed E-state index contributed by atoms with van der Waals surface area (Å²) in [5, 5.41) is 3.81. The third-order valence-corrected chi connectivity index (χ3v) is 2.94. The van der Waals surface area contributed by atoms with Crippen molar-refractivity contribution in [1.82, 2.24) is 0 Å². The van der Waals surface area contributed by atoms with Crippen LogP contribution in [0.4, 0.5) is 5.69 Å². The van der Waals surface area contributed by atoms with Crippen molar-refractivity contribution >= 4 is 34.8 Å². The lowest BCUT2D eigenvalue weighted by Gasteiger charge is -2.06. The minimum absolute atomic E-state index is 0.0129. The second-order valence-corrected chi connectivity index (χ2v) is 5.03. The Balaban J connectivity index is 2.31. The minimum atomic E-state index is -0.0129. The molecular formula is C13H18Cl2N2O. The van der Waals surface area contributed by atoms with E-state index < -0.39 is 0 Å². The average molecular weight is 289 g/mol. The third kappa shape index (κ3) is 6.24. The van der Waals surface area contributed by atoms with Crippen LogP contribution in [0.15, 0.2) is 18.2 Å². The molecular weight excluding hydrogens is 271 g/mol. The molecule has 0 saturated heterocycles. The molecule has 1 amide bonds. The molecule has 0 aliphatic heterocycles. The van der Waals surface area contributed by atoms with Gasteiger partial charge < -0.3 is 11.1 Å². The van der Waals surface area contributed by atoms with Crippen LogP contribution in [0.2, 0.25) is 10.0 Å². The van der Waals surface area contributed by atoms with Gasteiger partial charge in [0.1, 0.15) is 0 Å². The van der Waals surface area contributed by atoms with Crippen LogP contribution < -0.4 is 11.1 Å². The summed E-state index contributed by atoms with van der Waals surface area (Å²) >= 11 is 11.7. The number of unbranched alkanes of at least 4 members (excludes halogenated alkanes) is 3. The van der Waals surface area contributed by atoms with Crippen molar-refractivity contribution in [2.75, 3.05) is 11.9 Å². The lowest BCUT2D eigenvalue weighted by atomic mass is 10.1. The molecule has 0 spiro atoms. The van der Waals surface area contributed by atoms with E-state index in [0.717, 1.165) is 25.7 Å². The maximum atomic E-state index is 11.6. The van der Waals surface area contributed by atoms with Crippen molar-refractivity contribution in [3.8, 4) is 0 Å². The Morgan fingerprint density at radius 2 is 1.67 bits per heavy atom. The summed E-state index contributed by atoms with van der Waals surface area (Å²) in [6.45, 7) is 0.715. The van der Waals surface area contributed by atoms with Gasteiger partial charge in [0.15, 0.2) is 0 Å². The van der Waals surface area contributed by atoms with Crippen LogP contribution in [0.5, 0.6) is 0 Å². The number of benzene rings is 1. The SMILES string of the molecule is NCCCCCCC(=O)Nc1cc(Cl)cc(Cl)c1. The quantitative estimate of drug-likeness (QED) is 0.749. The van der Waals surface area contributed by atoms with Crippen molar-refractivity contribution in [3.05, 3.63) is 28.2 Å². The average Bonchev–Trinajstić information content (AvgIpc) is 2.27. The number of nitrogens with one attached hydrogen (secondary N) is 1. The Morgan fingerprint density at radius 3 is 2.28 bits per heavy atom. The van der Waals surface area contributed by atoms with Crippen LogP contribution in [-0.4, -0.2) is 12.5 Å². The number of carbonyl (C=O) groups excluding carboxylic acids is 1. The van der Waals surface area contributed by atoms with Gasteiger partial charge in [0.25, 0.3) is 0 Å². The number of hydrogen-bond acceptors (Lipinski definition) is 2. The van der Waals surface area contributed by atoms with E-state index in [-0.39, 0.29) is 5.91 Å². The maximum Gasteiger partial charge on any atom is 0.224 e. The summed E-state index contributed by atoms with van der Waals surface area (Å²) < 4.78 is 0. The molecule has 0 heterocycles.